The Morgan fingerprint density at radius 2 is 1.70 bits per heavy atom. The largest absolute Gasteiger partial charge is 0.350 e. The van der Waals surface area contributed by atoms with Crippen LogP contribution in [0.4, 0.5) is 13.6 Å². The Bertz CT molecular complexity index is 919. The first kappa shape index (κ1) is 18.5. The van der Waals surface area contributed by atoms with Gasteiger partial charge in [-0.2, -0.15) is 0 Å². The zero-order chi connectivity index (χ0) is 19.6. The summed E-state index contributed by atoms with van der Waals surface area (Å²) in [6.07, 6.45) is 0. The van der Waals surface area contributed by atoms with Gasteiger partial charge in [-0.1, -0.05) is 36.4 Å². The summed E-state index contributed by atoms with van der Waals surface area (Å²) in [7, 11) is 0. The van der Waals surface area contributed by atoms with E-state index in [1.165, 1.54) is 43.3 Å². The maximum Gasteiger partial charge on any atom is 0.325 e. The molecule has 0 bridgehead atoms. The molecule has 2 N–H and O–H groups in total. The third-order valence-corrected chi connectivity index (χ3v) is 4.42. The molecule has 1 atom stereocenters. The van der Waals surface area contributed by atoms with E-state index in [1.54, 1.807) is 12.1 Å². The lowest BCUT2D eigenvalue weighted by Crippen LogP contribution is -2.43. The number of carbonyl (C=O) groups is 3. The molecule has 0 saturated carbocycles. The number of nitrogens with one attached hydrogen (secondary N) is 2. The SMILES string of the molecule is C[C@]1(c2ccccc2F)NC(=O)N(CC(=O)NCc2ccccc2F)C1=O. The normalized spacial score (nSPS) is 19.1. The van der Waals surface area contributed by atoms with Crippen molar-refractivity contribution in [3.8, 4) is 0 Å². The third kappa shape index (κ3) is 3.51. The maximum absolute atomic E-state index is 14.1. The fourth-order valence-electron chi connectivity index (χ4n) is 2.92. The zero-order valence-corrected chi connectivity index (χ0v) is 14.5. The van der Waals surface area contributed by atoms with Gasteiger partial charge in [0.05, 0.1) is 0 Å². The summed E-state index contributed by atoms with van der Waals surface area (Å²) in [6, 6.07) is 10.7. The van der Waals surface area contributed by atoms with Gasteiger partial charge >= 0.3 is 6.03 Å². The van der Waals surface area contributed by atoms with Crippen LogP contribution in [-0.2, 0) is 21.7 Å². The average molecular weight is 373 g/mol. The smallest absolute Gasteiger partial charge is 0.325 e. The van der Waals surface area contributed by atoms with Crippen molar-refractivity contribution in [1.29, 1.82) is 0 Å². The van der Waals surface area contributed by atoms with E-state index in [2.05, 4.69) is 10.6 Å². The summed E-state index contributed by atoms with van der Waals surface area (Å²) in [4.78, 5) is 37.7. The molecule has 2 aromatic carbocycles. The number of nitrogens with zero attached hydrogens (tertiary/aromatic N) is 1. The Morgan fingerprint density at radius 1 is 1.07 bits per heavy atom. The highest BCUT2D eigenvalue weighted by Crippen LogP contribution is 2.30. The number of amides is 4. The van der Waals surface area contributed by atoms with E-state index in [0.29, 0.717) is 4.90 Å². The van der Waals surface area contributed by atoms with E-state index >= 15 is 0 Å². The standard InChI is InChI=1S/C19H17F2N3O3/c1-19(13-7-3-5-9-15(13)21)17(26)24(18(27)23-19)11-16(25)22-10-12-6-2-4-8-14(12)20/h2-9H,10-11H2,1H3,(H,22,25)(H,23,27)/t19-/m1/s1. The lowest BCUT2D eigenvalue weighted by Gasteiger charge is -2.22. The molecular formula is C19H17F2N3O3. The van der Waals surface area contributed by atoms with Crippen LogP contribution in [0.15, 0.2) is 48.5 Å². The highest BCUT2D eigenvalue weighted by molar-refractivity contribution is 6.09. The Balaban J connectivity index is 1.70. The molecular weight excluding hydrogens is 356 g/mol. The second kappa shape index (κ2) is 7.14. The second-order valence-corrected chi connectivity index (χ2v) is 6.29. The molecule has 0 radical (unpaired) electrons. The first-order chi connectivity index (χ1) is 12.8. The minimum absolute atomic E-state index is 0.0117. The van der Waals surface area contributed by atoms with Gasteiger partial charge < -0.3 is 10.6 Å². The van der Waals surface area contributed by atoms with Crippen LogP contribution < -0.4 is 10.6 Å². The van der Waals surface area contributed by atoms with Gasteiger partial charge in [-0.05, 0) is 19.1 Å². The van der Waals surface area contributed by atoms with E-state index < -0.39 is 41.6 Å². The van der Waals surface area contributed by atoms with Gasteiger partial charge in [0.1, 0.15) is 23.7 Å². The van der Waals surface area contributed by atoms with Crippen LogP contribution >= 0.6 is 0 Å². The number of hydrogen-bond acceptors (Lipinski definition) is 3. The number of benzene rings is 2. The average Bonchev–Trinajstić information content (AvgIpc) is 2.85. The first-order valence-corrected chi connectivity index (χ1v) is 8.22. The summed E-state index contributed by atoms with van der Waals surface area (Å²) >= 11 is 0. The molecule has 1 heterocycles. The molecule has 1 aliphatic heterocycles. The Labute approximate surface area is 154 Å². The van der Waals surface area contributed by atoms with Crippen LogP contribution in [-0.4, -0.2) is 29.3 Å². The van der Waals surface area contributed by atoms with Crippen molar-refractivity contribution >= 4 is 17.8 Å². The number of imide groups is 1. The predicted octanol–water partition coefficient (Wildman–Crippen LogP) is 2.05. The molecule has 3 rings (SSSR count). The minimum Gasteiger partial charge on any atom is -0.350 e. The van der Waals surface area contributed by atoms with Crippen molar-refractivity contribution in [3.05, 3.63) is 71.3 Å². The van der Waals surface area contributed by atoms with Gasteiger partial charge in [-0.3, -0.25) is 14.5 Å². The lowest BCUT2D eigenvalue weighted by atomic mass is 9.91. The molecule has 140 valence electrons. The Kier molecular flexibility index (Phi) is 4.89. The molecule has 1 saturated heterocycles. The van der Waals surface area contributed by atoms with Crippen molar-refractivity contribution in [2.24, 2.45) is 0 Å². The van der Waals surface area contributed by atoms with Gasteiger partial charge in [0.25, 0.3) is 5.91 Å². The maximum atomic E-state index is 14.1. The van der Waals surface area contributed by atoms with Gasteiger partial charge in [0, 0.05) is 17.7 Å². The van der Waals surface area contributed by atoms with Crippen molar-refractivity contribution in [3.63, 3.8) is 0 Å². The summed E-state index contributed by atoms with van der Waals surface area (Å²) in [5.74, 6) is -2.49. The number of hydrogen-bond donors (Lipinski definition) is 2. The van der Waals surface area contributed by atoms with Gasteiger partial charge in [0.2, 0.25) is 5.91 Å². The van der Waals surface area contributed by atoms with Crippen LogP contribution in [0.2, 0.25) is 0 Å². The molecule has 4 amide bonds. The Hall–Kier alpha value is -3.29. The highest BCUT2D eigenvalue weighted by atomic mass is 19.1. The lowest BCUT2D eigenvalue weighted by molar-refractivity contribution is -0.134. The van der Waals surface area contributed by atoms with E-state index in [0.717, 1.165) is 0 Å². The second-order valence-electron chi connectivity index (χ2n) is 6.29. The van der Waals surface area contributed by atoms with Crippen molar-refractivity contribution < 1.29 is 23.2 Å². The van der Waals surface area contributed by atoms with Crippen LogP contribution in [0, 0.1) is 11.6 Å². The van der Waals surface area contributed by atoms with Crippen molar-refractivity contribution in [2.75, 3.05) is 6.54 Å². The molecule has 0 spiro atoms. The van der Waals surface area contributed by atoms with E-state index in [4.69, 9.17) is 0 Å². The first-order valence-electron chi connectivity index (χ1n) is 8.22. The summed E-state index contributed by atoms with van der Waals surface area (Å²) in [5.41, 5.74) is -1.31. The van der Waals surface area contributed by atoms with Crippen LogP contribution in [0.1, 0.15) is 18.1 Å². The molecule has 27 heavy (non-hydrogen) atoms. The molecule has 0 aromatic heterocycles. The molecule has 0 aliphatic carbocycles. The number of carbonyl (C=O) groups excluding carboxylic acids is 3. The number of rotatable bonds is 5. The van der Waals surface area contributed by atoms with Crippen molar-refractivity contribution in [1.82, 2.24) is 15.5 Å². The van der Waals surface area contributed by atoms with Crippen LogP contribution in [0.5, 0.6) is 0 Å². The fourth-order valence-corrected chi connectivity index (χ4v) is 2.92. The molecule has 1 aliphatic rings. The molecule has 0 unspecified atom stereocenters. The summed E-state index contributed by atoms with van der Waals surface area (Å²) in [5, 5.41) is 4.89. The zero-order valence-electron chi connectivity index (χ0n) is 14.5. The van der Waals surface area contributed by atoms with E-state index in [-0.39, 0.29) is 17.7 Å². The van der Waals surface area contributed by atoms with E-state index in [9.17, 15) is 23.2 Å². The molecule has 1 fully saturated rings. The summed E-state index contributed by atoms with van der Waals surface area (Å²) < 4.78 is 27.7. The summed E-state index contributed by atoms with van der Waals surface area (Å²) in [6.45, 7) is 0.742. The molecule has 2 aromatic rings. The minimum atomic E-state index is -1.60. The fraction of sp³-hybridized carbons (Fsp3) is 0.211. The number of urea groups is 1. The molecule has 6 nitrogen and oxygen atoms in total. The topological polar surface area (TPSA) is 78.5 Å². The van der Waals surface area contributed by atoms with Crippen LogP contribution in [0.25, 0.3) is 0 Å². The van der Waals surface area contributed by atoms with Crippen molar-refractivity contribution in [2.45, 2.75) is 19.0 Å². The third-order valence-electron chi connectivity index (χ3n) is 4.42. The number of halogens is 2. The molecule has 8 heteroatoms. The predicted molar refractivity (Wildman–Crippen MR) is 92.2 cm³/mol. The van der Waals surface area contributed by atoms with Gasteiger partial charge in [-0.25, -0.2) is 13.6 Å². The monoisotopic (exact) mass is 373 g/mol. The van der Waals surface area contributed by atoms with Gasteiger partial charge in [0.15, 0.2) is 0 Å². The van der Waals surface area contributed by atoms with E-state index in [1.807, 2.05) is 0 Å². The Morgan fingerprint density at radius 3 is 2.37 bits per heavy atom. The quantitative estimate of drug-likeness (QED) is 0.788. The van der Waals surface area contributed by atoms with Crippen LogP contribution in [0.3, 0.4) is 0 Å². The highest BCUT2D eigenvalue weighted by Gasteiger charge is 2.50. The van der Waals surface area contributed by atoms with Gasteiger partial charge in [-0.15, -0.1) is 0 Å².